The summed E-state index contributed by atoms with van der Waals surface area (Å²) in [5.41, 5.74) is 0. The van der Waals surface area contributed by atoms with Crippen molar-refractivity contribution < 1.29 is 0 Å². The summed E-state index contributed by atoms with van der Waals surface area (Å²) in [7, 11) is 0. The lowest BCUT2D eigenvalue weighted by Crippen LogP contribution is -2.25. The largest absolute Gasteiger partial charge is 0.309 e. The molecule has 0 radical (unpaired) electrons. The Morgan fingerprint density at radius 2 is 2.31 bits per heavy atom. The van der Waals surface area contributed by atoms with Crippen LogP contribution >= 0.6 is 55.0 Å². The standard InChI is InChI=1S/C11H15Br2NS2/c1-15-8-3-2-7(4-8)14-6-9-5-10(12)11(13)16-9/h5,7-8,14H,2-4,6H2,1H3. The summed E-state index contributed by atoms with van der Waals surface area (Å²) in [4.78, 5) is 1.39. The zero-order valence-electron chi connectivity index (χ0n) is 9.13. The molecule has 0 aromatic carbocycles. The summed E-state index contributed by atoms with van der Waals surface area (Å²) < 4.78 is 2.36. The lowest BCUT2D eigenvalue weighted by molar-refractivity contribution is 0.528. The van der Waals surface area contributed by atoms with Crippen LogP contribution in [0.15, 0.2) is 14.3 Å². The molecule has 0 spiro atoms. The number of hydrogen-bond donors (Lipinski definition) is 1. The van der Waals surface area contributed by atoms with Gasteiger partial charge >= 0.3 is 0 Å². The summed E-state index contributed by atoms with van der Waals surface area (Å²) in [5.74, 6) is 0. The Labute approximate surface area is 122 Å². The quantitative estimate of drug-likeness (QED) is 0.810. The van der Waals surface area contributed by atoms with E-state index < -0.39 is 0 Å². The highest BCUT2D eigenvalue weighted by atomic mass is 79.9. The van der Waals surface area contributed by atoms with Crippen LogP contribution in [0.25, 0.3) is 0 Å². The first-order chi connectivity index (χ1) is 7.69. The molecule has 1 saturated carbocycles. The minimum Gasteiger partial charge on any atom is -0.309 e. The Kier molecular flexibility index (Phi) is 5.22. The Morgan fingerprint density at radius 3 is 2.88 bits per heavy atom. The normalized spacial score (nSPS) is 25.2. The second-order valence-electron chi connectivity index (χ2n) is 4.08. The summed E-state index contributed by atoms with van der Waals surface area (Å²) in [6, 6.07) is 2.92. The second kappa shape index (κ2) is 6.23. The van der Waals surface area contributed by atoms with Gasteiger partial charge in [-0.3, -0.25) is 0 Å². The van der Waals surface area contributed by atoms with E-state index in [0.717, 1.165) is 17.8 Å². The van der Waals surface area contributed by atoms with E-state index in [2.05, 4.69) is 49.5 Å². The molecule has 2 unspecified atom stereocenters. The van der Waals surface area contributed by atoms with Crippen molar-refractivity contribution in [1.82, 2.24) is 5.32 Å². The first-order valence-corrected chi connectivity index (χ1v) is 9.08. The van der Waals surface area contributed by atoms with Crippen LogP contribution in [-0.2, 0) is 6.54 Å². The van der Waals surface area contributed by atoms with Crippen LogP contribution < -0.4 is 5.32 Å². The molecule has 2 atom stereocenters. The van der Waals surface area contributed by atoms with Gasteiger partial charge in [-0.1, -0.05) is 0 Å². The number of rotatable bonds is 4. The third-order valence-electron chi connectivity index (χ3n) is 2.98. The van der Waals surface area contributed by atoms with E-state index in [9.17, 15) is 0 Å². The van der Waals surface area contributed by atoms with Crippen LogP contribution in [0, 0.1) is 0 Å². The fourth-order valence-electron chi connectivity index (χ4n) is 2.06. The Balaban J connectivity index is 1.79. The van der Waals surface area contributed by atoms with E-state index in [0.29, 0.717) is 0 Å². The molecule has 2 rings (SSSR count). The molecule has 90 valence electrons. The molecule has 0 bridgehead atoms. The molecule has 1 aliphatic carbocycles. The van der Waals surface area contributed by atoms with Crippen molar-refractivity contribution in [2.45, 2.75) is 37.1 Å². The van der Waals surface area contributed by atoms with Gasteiger partial charge in [-0.15, -0.1) is 11.3 Å². The minimum atomic E-state index is 0.720. The summed E-state index contributed by atoms with van der Waals surface area (Å²) >= 11 is 10.9. The van der Waals surface area contributed by atoms with Crippen molar-refractivity contribution in [3.8, 4) is 0 Å². The third-order valence-corrected chi connectivity index (χ3v) is 7.33. The maximum Gasteiger partial charge on any atom is 0.0843 e. The van der Waals surface area contributed by atoms with E-state index >= 15 is 0 Å². The maximum atomic E-state index is 3.66. The van der Waals surface area contributed by atoms with Gasteiger partial charge in [-0.2, -0.15) is 11.8 Å². The zero-order valence-corrected chi connectivity index (χ0v) is 13.9. The lowest BCUT2D eigenvalue weighted by atomic mass is 10.2. The van der Waals surface area contributed by atoms with Gasteiger partial charge in [0.25, 0.3) is 0 Å². The molecular weight excluding hydrogens is 370 g/mol. The monoisotopic (exact) mass is 383 g/mol. The van der Waals surface area contributed by atoms with Crippen LogP contribution in [0.3, 0.4) is 0 Å². The van der Waals surface area contributed by atoms with Gasteiger partial charge in [0.1, 0.15) is 0 Å². The molecule has 1 fully saturated rings. The second-order valence-corrected chi connectivity index (χ2v) is 8.53. The SMILES string of the molecule is CSC1CCC(NCc2cc(Br)c(Br)s2)C1. The number of hydrogen-bond acceptors (Lipinski definition) is 3. The summed E-state index contributed by atoms with van der Waals surface area (Å²) in [5, 5.41) is 4.53. The average Bonchev–Trinajstić information content (AvgIpc) is 2.84. The van der Waals surface area contributed by atoms with Crippen LogP contribution in [0.1, 0.15) is 24.1 Å². The van der Waals surface area contributed by atoms with Crippen molar-refractivity contribution in [2.24, 2.45) is 0 Å². The van der Waals surface area contributed by atoms with E-state index in [1.165, 1.54) is 32.4 Å². The van der Waals surface area contributed by atoms with Gasteiger partial charge in [-0.05, 0) is 63.4 Å². The number of thiophene rings is 1. The first-order valence-electron chi connectivity index (χ1n) is 5.39. The van der Waals surface area contributed by atoms with E-state index in [1.54, 1.807) is 11.3 Å². The van der Waals surface area contributed by atoms with Crippen molar-refractivity contribution >= 4 is 55.0 Å². The van der Waals surface area contributed by atoms with E-state index in [1.807, 2.05) is 11.8 Å². The predicted molar refractivity (Wildman–Crippen MR) is 81.5 cm³/mol. The lowest BCUT2D eigenvalue weighted by Gasteiger charge is -2.11. The highest BCUT2D eigenvalue weighted by molar-refractivity contribution is 9.13. The van der Waals surface area contributed by atoms with Crippen molar-refractivity contribution in [2.75, 3.05) is 6.26 Å². The Morgan fingerprint density at radius 1 is 1.50 bits per heavy atom. The molecule has 1 N–H and O–H groups in total. The van der Waals surface area contributed by atoms with Gasteiger partial charge < -0.3 is 5.32 Å². The predicted octanol–water partition coefficient (Wildman–Crippen LogP) is 4.65. The molecule has 0 aliphatic heterocycles. The molecule has 0 amide bonds. The molecule has 1 heterocycles. The number of thioether (sulfide) groups is 1. The molecule has 1 aromatic heterocycles. The topological polar surface area (TPSA) is 12.0 Å². The van der Waals surface area contributed by atoms with E-state index in [-0.39, 0.29) is 0 Å². The molecule has 1 aromatic rings. The number of nitrogens with one attached hydrogen (secondary N) is 1. The Hall–Kier alpha value is 0.970. The first kappa shape index (κ1) is 13.4. The van der Waals surface area contributed by atoms with Crippen LogP contribution in [0.5, 0.6) is 0 Å². The molecule has 5 heteroatoms. The average molecular weight is 385 g/mol. The van der Waals surface area contributed by atoms with Crippen LogP contribution in [0.2, 0.25) is 0 Å². The highest BCUT2D eigenvalue weighted by Crippen LogP contribution is 2.33. The molecule has 1 aliphatic rings. The van der Waals surface area contributed by atoms with Crippen LogP contribution in [0.4, 0.5) is 0 Å². The van der Waals surface area contributed by atoms with Gasteiger partial charge in [0.2, 0.25) is 0 Å². The van der Waals surface area contributed by atoms with Gasteiger partial charge in [0.05, 0.1) is 3.79 Å². The summed E-state index contributed by atoms with van der Waals surface area (Å²) in [6.07, 6.45) is 6.26. The van der Waals surface area contributed by atoms with Crippen molar-refractivity contribution in [3.05, 3.63) is 19.2 Å². The smallest absolute Gasteiger partial charge is 0.0843 e. The van der Waals surface area contributed by atoms with Gasteiger partial charge in [0.15, 0.2) is 0 Å². The Bertz CT molecular complexity index is 334. The highest BCUT2D eigenvalue weighted by Gasteiger charge is 2.23. The van der Waals surface area contributed by atoms with Gasteiger partial charge in [-0.25, -0.2) is 0 Å². The fraction of sp³-hybridized carbons (Fsp3) is 0.636. The van der Waals surface area contributed by atoms with Crippen LogP contribution in [-0.4, -0.2) is 17.5 Å². The molecule has 16 heavy (non-hydrogen) atoms. The third kappa shape index (κ3) is 3.48. The minimum absolute atomic E-state index is 0.720. The summed E-state index contributed by atoms with van der Waals surface area (Å²) in [6.45, 7) is 1.00. The van der Waals surface area contributed by atoms with Gasteiger partial charge in [0, 0.05) is 27.2 Å². The molecule has 0 saturated heterocycles. The maximum absolute atomic E-state index is 3.66. The zero-order chi connectivity index (χ0) is 11.5. The number of halogens is 2. The van der Waals surface area contributed by atoms with E-state index in [4.69, 9.17) is 0 Å². The molecule has 1 nitrogen and oxygen atoms in total. The van der Waals surface area contributed by atoms with Crippen molar-refractivity contribution in [3.63, 3.8) is 0 Å². The molecular formula is C11H15Br2NS2. The van der Waals surface area contributed by atoms with Crippen molar-refractivity contribution in [1.29, 1.82) is 0 Å². The fourth-order valence-corrected chi connectivity index (χ4v) is 4.99.